The molecular formula is C20H27FN6O. The molecule has 1 fully saturated rings. The molecule has 2 aromatic rings. The first-order valence-corrected chi connectivity index (χ1v) is 9.63. The summed E-state index contributed by atoms with van der Waals surface area (Å²) in [6.07, 6.45) is 3.32. The van der Waals surface area contributed by atoms with Crippen molar-refractivity contribution in [2.24, 2.45) is 0 Å². The molecule has 0 radical (unpaired) electrons. The summed E-state index contributed by atoms with van der Waals surface area (Å²) < 4.78 is 16.1. The van der Waals surface area contributed by atoms with Gasteiger partial charge in [0.15, 0.2) is 0 Å². The summed E-state index contributed by atoms with van der Waals surface area (Å²) in [7, 11) is 1.94. The highest BCUT2D eigenvalue weighted by atomic mass is 19.1. The van der Waals surface area contributed by atoms with Crippen LogP contribution in [0.2, 0.25) is 0 Å². The lowest BCUT2D eigenvalue weighted by atomic mass is 10.0. The zero-order valence-electron chi connectivity index (χ0n) is 16.5. The Balaban J connectivity index is 1.64. The number of alkyl halides is 1. The third-order valence-electron chi connectivity index (χ3n) is 5.28. The number of fused-ring (bicyclic) bond motifs is 1. The molecule has 2 aliphatic heterocycles. The van der Waals surface area contributed by atoms with Crippen molar-refractivity contribution in [2.45, 2.75) is 44.6 Å². The fourth-order valence-electron chi connectivity index (χ4n) is 3.81. The molecule has 0 saturated carbocycles. The number of nitrogens with one attached hydrogen (secondary N) is 2. The first-order chi connectivity index (χ1) is 13.3. The molecule has 2 aliphatic rings. The van der Waals surface area contributed by atoms with E-state index in [1.165, 1.54) is 0 Å². The maximum Gasteiger partial charge on any atom is 0.132 e. The van der Waals surface area contributed by atoms with E-state index in [0.29, 0.717) is 31.9 Å². The molecule has 1 saturated heterocycles. The summed E-state index contributed by atoms with van der Waals surface area (Å²) >= 11 is 0. The van der Waals surface area contributed by atoms with Gasteiger partial charge in [-0.25, -0.2) is 14.4 Å². The predicted octanol–water partition coefficient (Wildman–Crippen LogP) is 2.07. The highest BCUT2D eigenvalue weighted by Gasteiger charge is 2.29. The Morgan fingerprint density at radius 3 is 2.93 bits per heavy atom. The van der Waals surface area contributed by atoms with Crippen LogP contribution in [0, 0.1) is 0 Å². The van der Waals surface area contributed by atoms with Crippen molar-refractivity contribution >= 4 is 12.0 Å². The fraction of sp³-hybridized carbons (Fsp3) is 0.500. The van der Waals surface area contributed by atoms with Gasteiger partial charge in [-0.2, -0.15) is 0 Å². The van der Waals surface area contributed by atoms with E-state index >= 15 is 0 Å². The van der Waals surface area contributed by atoms with E-state index in [9.17, 15) is 9.50 Å². The van der Waals surface area contributed by atoms with Crippen LogP contribution in [0.1, 0.15) is 26.1 Å². The van der Waals surface area contributed by atoms with Gasteiger partial charge in [-0.15, -0.1) is 0 Å². The van der Waals surface area contributed by atoms with Crippen molar-refractivity contribution in [2.75, 3.05) is 25.5 Å². The topological polar surface area (TPSA) is 78.2 Å². The van der Waals surface area contributed by atoms with Gasteiger partial charge in [-0.3, -0.25) is 4.57 Å². The minimum atomic E-state index is -0.963. The van der Waals surface area contributed by atoms with Crippen molar-refractivity contribution in [3.05, 3.63) is 35.9 Å². The predicted molar refractivity (Wildman–Crippen MR) is 107 cm³/mol. The Hall–Kier alpha value is -2.45. The molecule has 8 heteroatoms. The van der Waals surface area contributed by atoms with Gasteiger partial charge in [0.1, 0.15) is 23.4 Å². The molecular weight excluding hydrogens is 359 g/mol. The number of piperidine rings is 1. The zero-order valence-corrected chi connectivity index (χ0v) is 16.5. The van der Waals surface area contributed by atoms with Crippen LogP contribution in [0.15, 0.2) is 30.1 Å². The number of hydrogen-bond donors (Lipinski definition) is 3. The number of nitrogens with zero attached hydrogens (tertiary/aromatic N) is 4. The van der Waals surface area contributed by atoms with Crippen molar-refractivity contribution < 1.29 is 9.50 Å². The molecule has 0 aliphatic carbocycles. The fourth-order valence-corrected chi connectivity index (χ4v) is 3.81. The van der Waals surface area contributed by atoms with Gasteiger partial charge in [0, 0.05) is 19.8 Å². The Morgan fingerprint density at radius 2 is 2.18 bits per heavy atom. The summed E-state index contributed by atoms with van der Waals surface area (Å²) in [5.41, 5.74) is 1.43. The molecule has 0 bridgehead atoms. The monoisotopic (exact) mass is 386 g/mol. The standard InChI is InChI=1S/C20H27FN6O/c1-20(2,28)17-11-27-16(10-23-19(27)12-26(17)3)14-5-4-6-18(24-14)25-15-9-22-8-7-13(15)21/h4-6,10-11,13,15,22,28H,7-9,12H2,1-3H3,(H,24,25)/t13-,15?/m0/s1. The van der Waals surface area contributed by atoms with Gasteiger partial charge < -0.3 is 20.6 Å². The van der Waals surface area contributed by atoms with Crippen molar-refractivity contribution in [3.8, 4) is 11.4 Å². The lowest BCUT2D eigenvalue weighted by Crippen LogP contribution is -2.46. The number of pyridine rings is 1. The van der Waals surface area contributed by atoms with Gasteiger partial charge >= 0.3 is 0 Å². The molecule has 0 amide bonds. The third-order valence-corrected chi connectivity index (χ3v) is 5.28. The summed E-state index contributed by atoms with van der Waals surface area (Å²) in [5, 5.41) is 16.9. The smallest absolute Gasteiger partial charge is 0.132 e. The number of hydrogen-bond acceptors (Lipinski definition) is 6. The molecule has 28 heavy (non-hydrogen) atoms. The van der Waals surface area contributed by atoms with E-state index in [2.05, 4.69) is 20.6 Å². The molecule has 0 spiro atoms. The molecule has 150 valence electrons. The Bertz CT molecular complexity index is 887. The van der Waals surface area contributed by atoms with Crippen LogP contribution in [0.5, 0.6) is 0 Å². The van der Waals surface area contributed by atoms with Gasteiger partial charge in [-0.05, 0) is 38.9 Å². The van der Waals surface area contributed by atoms with Gasteiger partial charge in [-0.1, -0.05) is 6.07 Å². The number of halogens is 1. The van der Waals surface area contributed by atoms with E-state index < -0.39 is 11.8 Å². The first kappa shape index (κ1) is 18.9. The van der Waals surface area contributed by atoms with Crippen LogP contribution < -0.4 is 10.6 Å². The quantitative estimate of drug-likeness (QED) is 0.747. The molecule has 4 heterocycles. The second-order valence-electron chi connectivity index (χ2n) is 8.03. The minimum Gasteiger partial charge on any atom is -0.384 e. The molecule has 4 rings (SSSR count). The maximum absolute atomic E-state index is 14.1. The first-order valence-electron chi connectivity index (χ1n) is 9.63. The van der Waals surface area contributed by atoms with Gasteiger partial charge in [0.25, 0.3) is 0 Å². The normalized spacial score (nSPS) is 22.6. The highest BCUT2D eigenvalue weighted by Crippen LogP contribution is 2.30. The van der Waals surface area contributed by atoms with E-state index in [4.69, 9.17) is 0 Å². The molecule has 2 aromatic heterocycles. The summed E-state index contributed by atoms with van der Waals surface area (Å²) in [4.78, 5) is 11.2. The van der Waals surface area contributed by atoms with Crippen LogP contribution in [0.4, 0.5) is 10.2 Å². The van der Waals surface area contributed by atoms with Crippen molar-refractivity contribution in [1.82, 2.24) is 24.8 Å². The number of likely N-dealkylation sites (N-methyl/N-ethyl adjacent to an activating group) is 1. The van der Waals surface area contributed by atoms with Crippen LogP contribution >= 0.6 is 0 Å². The van der Waals surface area contributed by atoms with Crippen LogP contribution in [-0.4, -0.2) is 62.5 Å². The van der Waals surface area contributed by atoms with Crippen LogP contribution in [0.25, 0.3) is 17.6 Å². The van der Waals surface area contributed by atoms with E-state index in [-0.39, 0.29) is 6.04 Å². The maximum atomic E-state index is 14.1. The SMILES string of the molecule is CN1Cc2ncc(-c3cccc(NC4CNCC[C@@H]4F)n3)n2C=C1C(C)(C)O. The Kier molecular flexibility index (Phi) is 4.84. The van der Waals surface area contributed by atoms with Crippen LogP contribution in [-0.2, 0) is 6.54 Å². The molecule has 2 atom stereocenters. The van der Waals surface area contributed by atoms with Crippen molar-refractivity contribution in [3.63, 3.8) is 0 Å². The van der Waals surface area contributed by atoms with Gasteiger partial charge in [0.05, 0.1) is 35.9 Å². The number of aliphatic hydroxyl groups is 1. The average Bonchev–Trinajstić information content (AvgIpc) is 3.05. The minimum absolute atomic E-state index is 0.286. The number of rotatable bonds is 4. The Morgan fingerprint density at radius 1 is 1.36 bits per heavy atom. The third kappa shape index (κ3) is 3.62. The summed E-state index contributed by atoms with van der Waals surface area (Å²) in [5.74, 6) is 1.52. The van der Waals surface area contributed by atoms with Crippen molar-refractivity contribution in [1.29, 1.82) is 0 Å². The second kappa shape index (κ2) is 7.18. The Labute approximate surface area is 164 Å². The van der Waals surface area contributed by atoms with E-state index in [1.807, 2.05) is 40.9 Å². The second-order valence-corrected chi connectivity index (χ2v) is 8.03. The number of aromatic nitrogens is 3. The van der Waals surface area contributed by atoms with Gasteiger partial charge in [0.2, 0.25) is 0 Å². The zero-order chi connectivity index (χ0) is 19.9. The number of imidazole rings is 1. The van der Waals surface area contributed by atoms with E-state index in [1.54, 1.807) is 20.0 Å². The molecule has 3 N–H and O–H groups in total. The average molecular weight is 386 g/mol. The lowest BCUT2D eigenvalue weighted by molar-refractivity contribution is 0.0852. The largest absolute Gasteiger partial charge is 0.384 e. The molecule has 0 aromatic carbocycles. The summed E-state index contributed by atoms with van der Waals surface area (Å²) in [6, 6.07) is 5.39. The molecule has 1 unspecified atom stereocenters. The molecule has 7 nitrogen and oxygen atoms in total. The highest BCUT2D eigenvalue weighted by molar-refractivity contribution is 5.62. The summed E-state index contributed by atoms with van der Waals surface area (Å²) in [6.45, 7) is 5.43. The lowest BCUT2D eigenvalue weighted by Gasteiger charge is -2.34. The van der Waals surface area contributed by atoms with Crippen LogP contribution in [0.3, 0.4) is 0 Å². The number of anilines is 1. The van der Waals surface area contributed by atoms with E-state index in [0.717, 1.165) is 22.9 Å².